The van der Waals surface area contributed by atoms with Gasteiger partial charge in [0.1, 0.15) is 30.5 Å². The molecule has 0 radical (unpaired) electrons. The minimum atomic E-state index is -5.04. The van der Waals surface area contributed by atoms with E-state index in [2.05, 4.69) is 23.3 Å². The van der Waals surface area contributed by atoms with Crippen LogP contribution < -0.4 is 0 Å². The van der Waals surface area contributed by atoms with E-state index in [0.717, 1.165) is 19.3 Å². The van der Waals surface area contributed by atoms with Gasteiger partial charge in [-0.15, -0.1) is 0 Å². The fraction of sp³-hybridized carbons (Fsp3) is 0.912. The summed E-state index contributed by atoms with van der Waals surface area (Å²) in [5, 5.41) is 30.1. The molecule has 0 bridgehead atoms. The SMILES string of the molecule is CCCCCCCC/C=C\CCCCCCCCCCCCOCC(COC1OC(CO)C(O)C(OS(=O)(=O)O)C1O)OC(=O)CC. The topological polar surface area (TPSA) is 178 Å². The molecule has 0 saturated carbocycles. The Balaban J connectivity index is 2.16. The van der Waals surface area contributed by atoms with Crippen LogP contribution in [0.25, 0.3) is 0 Å². The van der Waals surface area contributed by atoms with Crippen LogP contribution in [0.5, 0.6) is 0 Å². The second kappa shape index (κ2) is 27.6. The zero-order valence-corrected chi connectivity index (χ0v) is 29.7. The molecule has 278 valence electrons. The van der Waals surface area contributed by atoms with E-state index >= 15 is 0 Å². The molecule has 4 N–H and O–H groups in total. The van der Waals surface area contributed by atoms with E-state index in [0.29, 0.717) is 6.61 Å². The summed E-state index contributed by atoms with van der Waals surface area (Å²) in [6, 6.07) is 0. The number of rotatable bonds is 30. The van der Waals surface area contributed by atoms with Gasteiger partial charge < -0.3 is 34.3 Å². The van der Waals surface area contributed by atoms with Gasteiger partial charge >= 0.3 is 16.4 Å². The van der Waals surface area contributed by atoms with Crippen LogP contribution in [-0.2, 0) is 38.3 Å². The van der Waals surface area contributed by atoms with Crippen molar-refractivity contribution in [3.05, 3.63) is 12.2 Å². The Morgan fingerprint density at radius 1 is 0.787 bits per heavy atom. The molecule has 13 heteroatoms. The van der Waals surface area contributed by atoms with Crippen LogP contribution >= 0.6 is 0 Å². The van der Waals surface area contributed by atoms with Crippen LogP contribution in [-0.4, -0.2) is 97.5 Å². The van der Waals surface area contributed by atoms with Crippen molar-refractivity contribution < 1.29 is 56.2 Å². The first-order chi connectivity index (χ1) is 22.6. The number of esters is 1. The van der Waals surface area contributed by atoms with Crippen LogP contribution in [0.2, 0.25) is 0 Å². The van der Waals surface area contributed by atoms with Crippen molar-refractivity contribution in [2.45, 2.75) is 173 Å². The molecule has 47 heavy (non-hydrogen) atoms. The summed E-state index contributed by atoms with van der Waals surface area (Å²) in [7, 11) is -5.04. The summed E-state index contributed by atoms with van der Waals surface area (Å²) >= 11 is 0. The first kappa shape index (κ1) is 43.9. The van der Waals surface area contributed by atoms with Crippen LogP contribution in [0.3, 0.4) is 0 Å². The molecule has 1 aliphatic heterocycles. The summed E-state index contributed by atoms with van der Waals surface area (Å²) in [5.41, 5.74) is 0. The lowest BCUT2D eigenvalue weighted by Crippen LogP contribution is -2.60. The lowest BCUT2D eigenvalue weighted by atomic mass is 9.99. The summed E-state index contributed by atoms with van der Waals surface area (Å²) in [6.45, 7) is 3.37. The van der Waals surface area contributed by atoms with Crippen LogP contribution in [0.4, 0.5) is 0 Å². The molecule has 1 aliphatic rings. The minimum absolute atomic E-state index is 0.0282. The predicted octanol–water partition coefficient (Wildman–Crippen LogP) is 5.57. The van der Waals surface area contributed by atoms with E-state index in [1.807, 2.05) is 0 Å². The van der Waals surface area contributed by atoms with Crippen molar-refractivity contribution in [2.75, 3.05) is 26.4 Å². The smallest absolute Gasteiger partial charge is 0.397 e. The number of ether oxygens (including phenoxy) is 4. The maximum absolute atomic E-state index is 11.9. The molecule has 0 spiro atoms. The van der Waals surface area contributed by atoms with Crippen molar-refractivity contribution in [1.82, 2.24) is 0 Å². The highest BCUT2D eigenvalue weighted by Crippen LogP contribution is 2.26. The van der Waals surface area contributed by atoms with Crippen LogP contribution in [0, 0.1) is 0 Å². The van der Waals surface area contributed by atoms with Crippen molar-refractivity contribution in [3.63, 3.8) is 0 Å². The normalized spacial score (nSPS) is 22.6. The third kappa shape index (κ3) is 22.2. The first-order valence-corrected chi connectivity index (χ1v) is 19.3. The molecule has 6 atom stereocenters. The molecule has 0 aromatic carbocycles. The summed E-state index contributed by atoms with van der Waals surface area (Å²) in [5.74, 6) is -0.487. The average molecular weight is 697 g/mol. The van der Waals surface area contributed by atoms with Crippen LogP contribution in [0.15, 0.2) is 12.2 Å². The summed E-state index contributed by atoms with van der Waals surface area (Å²) < 4.78 is 57.6. The van der Waals surface area contributed by atoms with E-state index in [-0.39, 0.29) is 19.6 Å². The van der Waals surface area contributed by atoms with E-state index in [1.165, 1.54) is 96.3 Å². The maximum Gasteiger partial charge on any atom is 0.397 e. The molecule has 1 rings (SSSR count). The van der Waals surface area contributed by atoms with Gasteiger partial charge in [0.15, 0.2) is 6.29 Å². The number of carbonyl (C=O) groups excluding carboxylic acids is 1. The molecular formula is C34H64O12S. The Bertz CT molecular complexity index is 900. The third-order valence-electron chi connectivity index (χ3n) is 8.19. The number of allylic oxidation sites excluding steroid dienone is 2. The monoisotopic (exact) mass is 696 g/mol. The van der Waals surface area contributed by atoms with Crippen molar-refractivity contribution in [2.24, 2.45) is 0 Å². The molecular weight excluding hydrogens is 632 g/mol. The van der Waals surface area contributed by atoms with E-state index < -0.39 is 59.8 Å². The Morgan fingerprint density at radius 2 is 1.32 bits per heavy atom. The number of carbonyl (C=O) groups is 1. The van der Waals surface area contributed by atoms with E-state index in [1.54, 1.807) is 6.92 Å². The minimum Gasteiger partial charge on any atom is -0.457 e. The van der Waals surface area contributed by atoms with Gasteiger partial charge in [-0.2, -0.15) is 8.42 Å². The number of hydrogen-bond donors (Lipinski definition) is 4. The fourth-order valence-electron chi connectivity index (χ4n) is 5.41. The largest absolute Gasteiger partial charge is 0.457 e. The quantitative estimate of drug-likeness (QED) is 0.0318. The molecule has 1 heterocycles. The van der Waals surface area contributed by atoms with Gasteiger partial charge in [0.05, 0.1) is 19.8 Å². The average Bonchev–Trinajstić information content (AvgIpc) is 3.04. The summed E-state index contributed by atoms with van der Waals surface area (Å²) in [4.78, 5) is 11.9. The molecule has 1 fully saturated rings. The first-order valence-electron chi connectivity index (χ1n) is 17.9. The Kier molecular flexibility index (Phi) is 25.8. The fourth-order valence-corrected chi connectivity index (χ4v) is 5.91. The van der Waals surface area contributed by atoms with Gasteiger partial charge in [-0.1, -0.05) is 109 Å². The standard InChI is InChI=1S/C34H64O12S/c1-3-5-6-7-8-9-10-11-12-13-14-15-16-17-18-19-20-21-22-23-24-42-26-28(44-30(36)4-2)27-43-34-32(38)33(46-47(39,40)41)31(37)29(25-35)45-34/h11-12,28-29,31-35,37-38H,3-10,13-27H2,1-2H3,(H,39,40,41)/b12-11-. The molecule has 0 aliphatic carbocycles. The molecule has 6 unspecified atom stereocenters. The Morgan fingerprint density at radius 3 is 1.83 bits per heavy atom. The molecule has 12 nitrogen and oxygen atoms in total. The lowest BCUT2D eigenvalue weighted by Gasteiger charge is -2.41. The van der Waals surface area contributed by atoms with Gasteiger partial charge in [-0.05, 0) is 32.1 Å². The zero-order chi connectivity index (χ0) is 34.8. The third-order valence-corrected chi connectivity index (χ3v) is 8.66. The second-order valence-electron chi connectivity index (χ2n) is 12.4. The predicted molar refractivity (Wildman–Crippen MR) is 179 cm³/mol. The molecule has 0 amide bonds. The second-order valence-corrected chi connectivity index (χ2v) is 13.5. The molecule has 1 saturated heterocycles. The Hall–Kier alpha value is -1.16. The van der Waals surface area contributed by atoms with Crippen molar-refractivity contribution in [3.8, 4) is 0 Å². The molecule has 0 aromatic heterocycles. The highest BCUT2D eigenvalue weighted by atomic mass is 32.3. The maximum atomic E-state index is 11.9. The van der Waals surface area contributed by atoms with Gasteiger partial charge in [-0.25, -0.2) is 4.18 Å². The number of hydrogen-bond acceptors (Lipinski definition) is 11. The van der Waals surface area contributed by atoms with E-state index in [4.69, 9.17) is 23.5 Å². The van der Waals surface area contributed by atoms with Gasteiger partial charge in [-0.3, -0.25) is 9.35 Å². The van der Waals surface area contributed by atoms with Crippen molar-refractivity contribution >= 4 is 16.4 Å². The molecule has 0 aromatic rings. The highest BCUT2D eigenvalue weighted by Gasteiger charge is 2.48. The zero-order valence-electron chi connectivity index (χ0n) is 28.8. The van der Waals surface area contributed by atoms with Gasteiger partial charge in [0.2, 0.25) is 0 Å². The van der Waals surface area contributed by atoms with E-state index in [9.17, 15) is 28.5 Å². The van der Waals surface area contributed by atoms with Gasteiger partial charge in [0, 0.05) is 13.0 Å². The van der Waals surface area contributed by atoms with Crippen molar-refractivity contribution in [1.29, 1.82) is 0 Å². The highest BCUT2D eigenvalue weighted by molar-refractivity contribution is 7.80. The summed E-state index contributed by atoms with van der Waals surface area (Å²) in [6.07, 6.45) is 18.1. The number of aliphatic hydroxyl groups is 3. The Labute approximate surface area is 283 Å². The van der Waals surface area contributed by atoms with Crippen LogP contribution in [0.1, 0.15) is 136 Å². The number of unbranched alkanes of at least 4 members (excludes halogenated alkanes) is 16. The number of aliphatic hydroxyl groups excluding tert-OH is 3. The van der Waals surface area contributed by atoms with Gasteiger partial charge in [0.25, 0.3) is 0 Å². The lowest BCUT2D eigenvalue weighted by molar-refractivity contribution is -0.301.